The van der Waals surface area contributed by atoms with Gasteiger partial charge in [0, 0.05) is 31.6 Å². The summed E-state index contributed by atoms with van der Waals surface area (Å²) in [5, 5.41) is 0.408. The number of para-hydroxylation sites is 1. The van der Waals surface area contributed by atoms with Gasteiger partial charge in [0.05, 0.1) is 24.9 Å². The highest BCUT2D eigenvalue weighted by Crippen LogP contribution is 2.29. The highest BCUT2D eigenvalue weighted by atomic mass is 35.5. The van der Waals surface area contributed by atoms with Gasteiger partial charge in [-0.05, 0) is 30.3 Å². The Balaban J connectivity index is 1.64. The fourth-order valence-corrected chi connectivity index (χ4v) is 3.42. The van der Waals surface area contributed by atoms with E-state index in [0.29, 0.717) is 40.9 Å². The molecule has 7 nitrogen and oxygen atoms in total. The van der Waals surface area contributed by atoms with Crippen molar-refractivity contribution >= 4 is 34.9 Å². The number of amides is 2. The van der Waals surface area contributed by atoms with E-state index in [1.54, 1.807) is 42.5 Å². The highest BCUT2D eigenvalue weighted by Gasteiger charge is 2.34. The van der Waals surface area contributed by atoms with Gasteiger partial charge in [-0.2, -0.15) is 0 Å². The van der Waals surface area contributed by atoms with E-state index < -0.39 is 11.8 Å². The second-order valence-corrected chi connectivity index (χ2v) is 6.85. The number of hydrogen-bond acceptors (Lipinski definition) is 5. The van der Waals surface area contributed by atoms with E-state index in [2.05, 4.69) is 0 Å². The Hall–Kier alpha value is -3.06. The maximum Gasteiger partial charge on any atom is 0.316 e. The third-order valence-electron chi connectivity index (χ3n) is 4.77. The average Bonchev–Trinajstić information content (AvgIpc) is 2.74. The zero-order chi connectivity index (χ0) is 21.0. The third-order valence-corrected chi connectivity index (χ3v) is 5.09. The van der Waals surface area contributed by atoms with E-state index in [1.165, 1.54) is 24.0 Å². The van der Waals surface area contributed by atoms with Crippen molar-refractivity contribution in [2.24, 2.45) is 0 Å². The third kappa shape index (κ3) is 4.35. The van der Waals surface area contributed by atoms with Crippen LogP contribution in [0.15, 0.2) is 42.5 Å². The van der Waals surface area contributed by atoms with Crippen LogP contribution in [0.4, 0.5) is 5.69 Å². The second kappa shape index (κ2) is 8.96. The lowest BCUT2D eigenvalue weighted by Gasteiger charge is -2.34. The van der Waals surface area contributed by atoms with E-state index in [4.69, 9.17) is 21.1 Å². The summed E-state index contributed by atoms with van der Waals surface area (Å²) in [5.41, 5.74) is 0.963. The topological polar surface area (TPSA) is 76.2 Å². The molecular formula is C21H21ClN2O5. The maximum atomic E-state index is 12.5. The highest BCUT2D eigenvalue weighted by molar-refractivity contribution is 6.42. The van der Waals surface area contributed by atoms with Gasteiger partial charge >= 0.3 is 11.8 Å². The van der Waals surface area contributed by atoms with Crippen molar-refractivity contribution < 1.29 is 23.9 Å². The molecule has 29 heavy (non-hydrogen) atoms. The predicted octanol–water partition coefficient (Wildman–Crippen LogP) is 2.81. The molecular weight excluding hydrogens is 396 g/mol. The van der Waals surface area contributed by atoms with Crippen LogP contribution < -0.4 is 14.4 Å². The van der Waals surface area contributed by atoms with Crippen LogP contribution in [-0.2, 0) is 9.59 Å². The minimum Gasteiger partial charge on any atom is -0.493 e. The molecule has 0 bridgehead atoms. The summed E-state index contributed by atoms with van der Waals surface area (Å²) in [5.74, 6) is -0.461. The second-order valence-electron chi connectivity index (χ2n) is 6.44. The number of ketones is 1. The molecule has 2 aromatic carbocycles. The Bertz CT molecular complexity index is 946. The van der Waals surface area contributed by atoms with Gasteiger partial charge in [0.15, 0.2) is 17.3 Å². The quantitative estimate of drug-likeness (QED) is 0.512. The number of carbonyl (C=O) groups excluding carboxylic acids is 3. The molecule has 0 saturated carbocycles. The Morgan fingerprint density at radius 1 is 1.00 bits per heavy atom. The van der Waals surface area contributed by atoms with E-state index in [9.17, 15) is 14.4 Å². The van der Waals surface area contributed by atoms with E-state index in [1.807, 2.05) is 0 Å². The first-order chi connectivity index (χ1) is 14.0. The number of hydrogen-bond donors (Lipinski definition) is 0. The fraction of sp³-hybridized carbons (Fsp3) is 0.286. The van der Waals surface area contributed by atoms with E-state index in [-0.39, 0.29) is 18.7 Å². The number of Topliss-reactive ketones (excluding diaryl/α,β-unsaturated/α-hetero) is 1. The number of halogens is 1. The zero-order valence-corrected chi connectivity index (χ0v) is 16.9. The Labute approximate surface area is 173 Å². The molecule has 0 N–H and O–H groups in total. The molecule has 8 heteroatoms. The summed E-state index contributed by atoms with van der Waals surface area (Å²) in [6.07, 6.45) is 0.0978. The lowest BCUT2D eigenvalue weighted by atomic mass is 10.1. The van der Waals surface area contributed by atoms with Gasteiger partial charge in [-0.3, -0.25) is 14.4 Å². The molecule has 0 unspecified atom stereocenters. The van der Waals surface area contributed by atoms with Crippen molar-refractivity contribution in [2.45, 2.75) is 6.42 Å². The Morgan fingerprint density at radius 2 is 1.72 bits per heavy atom. The summed E-state index contributed by atoms with van der Waals surface area (Å²) in [7, 11) is 3.01. The zero-order valence-electron chi connectivity index (χ0n) is 16.2. The average molecular weight is 417 g/mol. The number of nitrogens with zero attached hydrogens (tertiary/aromatic N) is 2. The molecule has 1 fully saturated rings. The van der Waals surface area contributed by atoms with Crippen LogP contribution in [0, 0.1) is 0 Å². The molecule has 3 rings (SSSR count). The van der Waals surface area contributed by atoms with Crippen molar-refractivity contribution in [3.05, 3.63) is 53.1 Å². The van der Waals surface area contributed by atoms with Crippen molar-refractivity contribution in [1.29, 1.82) is 0 Å². The van der Waals surface area contributed by atoms with Crippen LogP contribution in [0.25, 0.3) is 0 Å². The summed E-state index contributed by atoms with van der Waals surface area (Å²) in [6, 6.07) is 11.8. The van der Waals surface area contributed by atoms with Gasteiger partial charge in [-0.1, -0.05) is 23.7 Å². The molecule has 0 atom stereocenters. The monoisotopic (exact) mass is 416 g/mol. The smallest absolute Gasteiger partial charge is 0.316 e. The number of methoxy groups -OCH3 is 2. The van der Waals surface area contributed by atoms with Gasteiger partial charge in [-0.25, -0.2) is 0 Å². The van der Waals surface area contributed by atoms with Gasteiger partial charge in [0.25, 0.3) is 0 Å². The fourth-order valence-electron chi connectivity index (χ4n) is 3.18. The summed E-state index contributed by atoms with van der Waals surface area (Å²) >= 11 is 6.14. The summed E-state index contributed by atoms with van der Waals surface area (Å²) in [6.45, 7) is 0.808. The SMILES string of the molecule is COc1ccc(C(=O)CCN2CCN(c3ccccc3Cl)C(=O)C2=O)cc1OC. The molecule has 1 saturated heterocycles. The van der Waals surface area contributed by atoms with Crippen LogP contribution in [0.2, 0.25) is 5.02 Å². The predicted molar refractivity (Wildman–Crippen MR) is 109 cm³/mol. The molecule has 152 valence electrons. The number of anilines is 1. The van der Waals surface area contributed by atoms with Gasteiger partial charge in [-0.15, -0.1) is 0 Å². The lowest BCUT2D eigenvalue weighted by Crippen LogP contribution is -2.54. The normalized spacial score (nSPS) is 14.2. The molecule has 2 aromatic rings. The summed E-state index contributed by atoms with van der Waals surface area (Å²) < 4.78 is 10.4. The van der Waals surface area contributed by atoms with E-state index >= 15 is 0 Å². The first kappa shape index (κ1) is 20.7. The summed E-state index contributed by atoms with van der Waals surface area (Å²) in [4.78, 5) is 40.3. The van der Waals surface area contributed by atoms with Crippen molar-refractivity contribution in [3.8, 4) is 11.5 Å². The van der Waals surface area contributed by atoms with Crippen molar-refractivity contribution in [2.75, 3.05) is 38.8 Å². The Morgan fingerprint density at radius 3 is 2.41 bits per heavy atom. The lowest BCUT2D eigenvalue weighted by molar-refractivity contribution is -0.146. The van der Waals surface area contributed by atoms with Gasteiger partial charge in [0.1, 0.15) is 0 Å². The molecule has 1 aliphatic heterocycles. The van der Waals surface area contributed by atoms with Crippen LogP contribution in [0.5, 0.6) is 11.5 Å². The van der Waals surface area contributed by atoms with Crippen LogP contribution in [0.3, 0.4) is 0 Å². The van der Waals surface area contributed by atoms with Crippen molar-refractivity contribution in [1.82, 2.24) is 4.90 Å². The molecule has 1 aliphatic rings. The molecule has 0 radical (unpaired) electrons. The number of ether oxygens (including phenoxy) is 2. The largest absolute Gasteiger partial charge is 0.493 e. The first-order valence-corrected chi connectivity index (χ1v) is 9.44. The van der Waals surface area contributed by atoms with E-state index in [0.717, 1.165) is 0 Å². The number of carbonyl (C=O) groups is 3. The number of benzene rings is 2. The van der Waals surface area contributed by atoms with Gasteiger partial charge in [0.2, 0.25) is 0 Å². The van der Waals surface area contributed by atoms with Crippen molar-refractivity contribution in [3.63, 3.8) is 0 Å². The number of rotatable bonds is 7. The first-order valence-electron chi connectivity index (χ1n) is 9.06. The number of piperazine rings is 1. The minimum absolute atomic E-state index is 0.0978. The molecule has 0 spiro atoms. The van der Waals surface area contributed by atoms with Crippen LogP contribution >= 0.6 is 11.6 Å². The van der Waals surface area contributed by atoms with Gasteiger partial charge < -0.3 is 19.3 Å². The van der Waals surface area contributed by atoms with Crippen LogP contribution in [-0.4, -0.2) is 56.4 Å². The standard InChI is InChI=1S/C21H21ClN2O5/c1-28-18-8-7-14(13-19(18)29-2)17(25)9-10-23-11-12-24(21(27)20(23)26)16-6-4-3-5-15(16)22/h3-8,13H,9-12H2,1-2H3. The Kier molecular flexibility index (Phi) is 6.39. The molecule has 1 heterocycles. The maximum absolute atomic E-state index is 12.5. The molecule has 0 aliphatic carbocycles. The molecule has 2 amide bonds. The molecule has 0 aromatic heterocycles. The minimum atomic E-state index is -0.650. The van der Waals surface area contributed by atoms with Crippen LogP contribution in [0.1, 0.15) is 16.8 Å².